The zero-order chi connectivity index (χ0) is 11.5. The zero-order valence-electron chi connectivity index (χ0n) is 10.6. The molecule has 0 radical (unpaired) electrons. The van der Waals surface area contributed by atoms with Gasteiger partial charge in [0.05, 0.1) is 0 Å². The summed E-state index contributed by atoms with van der Waals surface area (Å²) in [5.41, 5.74) is 1.47. The van der Waals surface area contributed by atoms with Crippen molar-refractivity contribution in [2.24, 2.45) is 11.8 Å². The molecule has 1 unspecified atom stereocenters. The first-order chi connectivity index (χ1) is 8.42. The monoisotopic (exact) mass is 229 g/mol. The van der Waals surface area contributed by atoms with Crippen LogP contribution in [0.25, 0.3) is 0 Å². The van der Waals surface area contributed by atoms with Gasteiger partial charge in [-0.1, -0.05) is 56.0 Å². The van der Waals surface area contributed by atoms with Crippen LogP contribution in [-0.2, 0) is 6.54 Å². The van der Waals surface area contributed by atoms with Crippen LogP contribution in [0.4, 0.5) is 0 Å². The van der Waals surface area contributed by atoms with Crippen molar-refractivity contribution in [1.29, 1.82) is 0 Å². The summed E-state index contributed by atoms with van der Waals surface area (Å²) in [6.45, 7) is 3.82. The van der Waals surface area contributed by atoms with E-state index < -0.39 is 0 Å². The minimum Gasteiger partial charge on any atom is -0.299 e. The Kier molecular flexibility index (Phi) is 3.46. The highest BCUT2D eigenvalue weighted by atomic mass is 15.1. The van der Waals surface area contributed by atoms with Crippen LogP contribution in [0, 0.1) is 11.8 Å². The Balaban J connectivity index is 1.53. The van der Waals surface area contributed by atoms with Gasteiger partial charge in [-0.25, -0.2) is 0 Å². The van der Waals surface area contributed by atoms with Gasteiger partial charge in [-0.3, -0.25) is 4.90 Å². The summed E-state index contributed by atoms with van der Waals surface area (Å²) >= 11 is 0. The maximum absolute atomic E-state index is 2.65. The lowest BCUT2D eigenvalue weighted by molar-refractivity contribution is 0.283. The topological polar surface area (TPSA) is 3.24 Å². The van der Waals surface area contributed by atoms with Crippen molar-refractivity contribution in [3.05, 3.63) is 35.9 Å². The molecule has 1 saturated carbocycles. The molecular formula is C16H23N. The van der Waals surface area contributed by atoms with E-state index in [1.165, 1.54) is 50.8 Å². The average Bonchev–Trinajstić information content (AvgIpc) is 3.00. The van der Waals surface area contributed by atoms with E-state index in [4.69, 9.17) is 0 Å². The maximum Gasteiger partial charge on any atom is 0.0233 e. The molecule has 17 heavy (non-hydrogen) atoms. The van der Waals surface area contributed by atoms with Gasteiger partial charge in [0.2, 0.25) is 0 Å². The second-order valence-electron chi connectivity index (χ2n) is 5.81. The van der Waals surface area contributed by atoms with Crippen molar-refractivity contribution in [3.8, 4) is 0 Å². The summed E-state index contributed by atoms with van der Waals surface area (Å²) in [5, 5.41) is 0. The van der Waals surface area contributed by atoms with Crippen molar-refractivity contribution in [2.45, 2.75) is 38.6 Å². The van der Waals surface area contributed by atoms with Gasteiger partial charge in [0.1, 0.15) is 0 Å². The zero-order valence-corrected chi connectivity index (χ0v) is 10.6. The van der Waals surface area contributed by atoms with Gasteiger partial charge in [-0.2, -0.15) is 0 Å². The molecule has 3 rings (SSSR count). The first kappa shape index (κ1) is 11.3. The van der Waals surface area contributed by atoms with Crippen LogP contribution in [0.2, 0.25) is 0 Å². The second-order valence-corrected chi connectivity index (χ2v) is 5.81. The predicted octanol–water partition coefficient (Wildman–Crippen LogP) is 3.70. The van der Waals surface area contributed by atoms with Crippen LogP contribution in [0.15, 0.2) is 30.3 Å². The molecule has 1 heterocycles. The summed E-state index contributed by atoms with van der Waals surface area (Å²) in [5.74, 6) is 2.05. The van der Waals surface area contributed by atoms with Gasteiger partial charge < -0.3 is 0 Å². The number of benzene rings is 1. The Morgan fingerprint density at radius 1 is 0.941 bits per heavy atom. The first-order valence-corrected chi connectivity index (χ1v) is 7.18. The summed E-state index contributed by atoms with van der Waals surface area (Å²) in [6, 6.07) is 10.9. The second kappa shape index (κ2) is 5.22. The van der Waals surface area contributed by atoms with Crippen molar-refractivity contribution in [3.63, 3.8) is 0 Å². The molecule has 0 bridgehead atoms. The molecule has 0 amide bonds. The molecule has 2 fully saturated rings. The summed E-state index contributed by atoms with van der Waals surface area (Å²) in [6.07, 6.45) is 7.42. The lowest BCUT2D eigenvalue weighted by Crippen LogP contribution is -2.22. The van der Waals surface area contributed by atoms with Gasteiger partial charge in [-0.15, -0.1) is 0 Å². The standard InChI is InChI=1S/C16H23N/c1-2-6-14(7-3-1)12-17-11-10-16(13-17)15-8-4-5-9-15/h1-3,6-7,15-16H,4-5,8-13H2. The van der Waals surface area contributed by atoms with Gasteiger partial charge in [0.15, 0.2) is 0 Å². The third-order valence-corrected chi connectivity index (χ3v) is 4.62. The molecule has 92 valence electrons. The van der Waals surface area contributed by atoms with Crippen LogP contribution >= 0.6 is 0 Å². The number of nitrogens with zero attached hydrogens (tertiary/aromatic N) is 1. The molecule has 0 spiro atoms. The van der Waals surface area contributed by atoms with Gasteiger partial charge in [0.25, 0.3) is 0 Å². The van der Waals surface area contributed by atoms with E-state index in [-0.39, 0.29) is 0 Å². The number of hydrogen-bond donors (Lipinski definition) is 0. The molecule has 1 atom stereocenters. The fraction of sp³-hybridized carbons (Fsp3) is 0.625. The van der Waals surface area contributed by atoms with Crippen LogP contribution in [0.1, 0.15) is 37.7 Å². The summed E-state index contributed by atoms with van der Waals surface area (Å²) in [7, 11) is 0. The van der Waals surface area contributed by atoms with Crippen LogP contribution < -0.4 is 0 Å². The SMILES string of the molecule is c1ccc(CN2CCC(C3CCCC3)C2)cc1. The Labute approximate surface area is 105 Å². The highest BCUT2D eigenvalue weighted by Gasteiger charge is 2.30. The minimum atomic E-state index is 1.00. The quantitative estimate of drug-likeness (QED) is 0.764. The first-order valence-electron chi connectivity index (χ1n) is 7.18. The fourth-order valence-electron chi connectivity index (χ4n) is 3.66. The average molecular weight is 229 g/mol. The van der Waals surface area contributed by atoms with Crippen LogP contribution in [0.5, 0.6) is 0 Å². The molecule has 0 aromatic heterocycles. The van der Waals surface area contributed by atoms with Gasteiger partial charge >= 0.3 is 0 Å². The Morgan fingerprint density at radius 2 is 1.71 bits per heavy atom. The third-order valence-electron chi connectivity index (χ3n) is 4.62. The van der Waals surface area contributed by atoms with Crippen molar-refractivity contribution < 1.29 is 0 Å². The Hall–Kier alpha value is -0.820. The maximum atomic E-state index is 2.65. The third kappa shape index (κ3) is 2.71. The molecule has 1 aromatic carbocycles. The summed E-state index contributed by atoms with van der Waals surface area (Å²) in [4.78, 5) is 2.65. The Morgan fingerprint density at radius 3 is 2.47 bits per heavy atom. The van der Waals surface area contributed by atoms with Gasteiger partial charge in [0, 0.05) is 13.1 Å². The highest BCUT2D eigenvalue weighted by Crippen LogP contribution is 2.36. The normalized spacial score (nSPS) is 26.7. The van der Waals surface area contributed by atoms with Crippen LogP contribution in [-0.4, -0.2) is 18.0 Å². The molecule has 1 saturated heterocycles. The van der Waals surface area contributed by atoms with Crippen molar-refractivity contribution in [2.75, 3.05) is 13.1 Å². The smallest absolute Gasteiger partial charge is 0.0233 e. The van der Waals surface area contributed by atoms with E-state index in [0.29, 0.717) is 0 Å². The lowest BCUT2D eigenvalue weighted by Gasteiger charge is -2.19. The molecule has 2 aliphatic rings. The minimum absolute atomic E-state index is 1.00. The van der Waals surface area contributed by atoms with E-state index >= 15 is 0 Å². The van der Waals surface area contributed by atoms with E-state index in [0.717, 1.165) is 18.4 Å². The van der Waals surface area contributed by atoms with Crippen molar-refractivity contribution in [1.82, 2.24) is 4.90 Å². The van der Waals surface area contributed by atoms with E-state index in [9.17, 15) is 0 Å². The number of likely N-dealkylation sites (tertiary alicyclic amines) is 1. The Bertz CT molecular complexity index is 340. The fourth-order valence-corrected chi connectivity index (χ4v) is 3.66. The lowest BCUT2D eigenvalue weighted by atomic mass is 9.90. The number of rotatable bonds is 3. The molecule has 1 aromatic rings. The van der Waals surface area contributed by atoms with Gasteiger partial charge in [-0.05, 0) is 30.4 Å². The molecule has 0 N–H and O–H groups in total. The van der Waals surface area contributed by atoms with E-state index in [2.05, 4.69) is 35.2 Å². The molecule has 1 heteroatoms. The van der Waals surface area contributed by atoms with Crippen LogP contribution in [0.3, 0.4) is 0 Å². The predicted molar refractivity (Wildman–Crippen MR) is 71.8 cm³/mol. The van der Waals surface area contributed by atoms with E-state index in [1.807, 2.05) is 0 Å². The molecule has 1 aliphatic carbocycles. The molecular weight excluding hydrogens is 206 g/mol. The molecule has 1 nitrogen and oxygen atoms in total. The largest absolute Gasteiger partial charge is 0.299 e. The van der Waals surface area contributed by atoms with Crippen molar-refractivity contribution >= 4 is 0 Å². The number of hydrogen-bond acceptors (Lipinski definition) is 1. The summed E-state index contributed by atoms with van der Waals surface area (Å²) < 4.78 is 0. The highest BCUT2D eigenvalue weighted by molar-refractivity contribution is 5.14. The molecule has 1 aliphatic heterocycles. The van der Waals surface area contributed by atoms with E-state index in [1.54, 1.807) is 0 Å².